The third kappa shape index (κ3) is 2.33. The summed E-state index contributed by atoms with van der Waals surface area (Å²) in [6, 6.07) is 6.15. The molecule has 1 saturated heterocycles. The lowest BCUT2D eigenvalue weighted by molar-refractivity contribution is 0.214. The Labute approximate surface area is 117 Å². The number of fused-ring (bicyclic) bond motifs is 1. The molecule has 104 valence electrons. The first kappa shape index (κ1) is 12.9. The molecule has 0 amide bonds. The van der Waals surface area contributed by atoms with E-state index in [0.29, 0.717) is 11.7 Å². The molecule has 2 aromatic heterocycles. The van der Waals surface area contributed by atoms with Gasteiger partial charge in [-0.25, -0.2) is 4.98 Å². The van der Waals surface area contributed by atoms with Gasteiger partial charge in [-0.1, -0.05) is 0 Å². The molecule has 3 heterocycles. The van der Waals surface area contributed by atoms with E-state index in [2.05, 4.69) is 21.7 Å². The number of nitrogens with one attached hydrogen (secondary N) is 2. The largest absolute Gasteiger partial charge is 0.376 e. The Hall–Kier alpha value is -2.10. The van der Waals surface area contributed by atoms with Crippen LogP contribution in [0, 0.1) is 11.3 Å². The molecule has 0 aliphatic carbocycles. The average molecular weight is 271 g/mol. The minimum Gasteiger partial charge on any atom is -0.376 e. The fourth-order valence-corrected chi connectivity index (χ4v) is 2.65. The van der Waals surface area contributed by atoms with E-state index in [1.54, 1.807) is 16.8 Å². The van der Waals surface area contributed by atoms with E-state index in [9.17, 15) is 5.11 Å². The summed E-state index contributed by atoms with van der Waals surface area (Å²) in [4.78, 5) is 4.39. The highest BCUT2D eigenvalue weighted by Gasteiger charge is 2.14. The summed E-state index contributed by atoms with van der Waals surface area (Å²) in [6.45, 7) is 1.83. The monoisotopic (exact) mass is 271 g/mol. The lowest BCUT2D eigenvalue weighted by Crippen LogP contribution is -2.35. The number of hydrogen-bond acceptors (Lipinski definition) is 5. The van der Waals surface area contributed by atoms with E-state index in [0.717, 1.165) is 42.7 Å². The molecule has 20 heavy (non-hydrogen) atoms. The summed E-state index contributed by atoms with van der Waals surface area (Å²) < 4.78 is 1.59. The van der Waals surface area contributed by atoms with E-state index in [1.807, 2.05) is 6.07 Å². The van der Waals surface area contributed by atoms with Gasteiger partial charge in [0.1, 0.15) is 24.3 Å². The highest BCUT2D eigenvalue weighted by Crippen LogP contribution is 2.22. The third-order valence-electron chi connectivity index (χ3n) is 3.73. The molecule has 0 unspecified atom stereocenters. The van der Waals surface area contributed by atoms with Crippen molar-refractivity contribution in [3.8, 4) is 6.07 Å². The second-order valence-corrected chi connectivity index (χ2v) is 5.01. The zero-order valence-electron chi connectivity index (χ0n) is 11.1. The summed E-state index contributed by atoms with van der Waals surface area (Å²) in [7, 11) is 0. The molecular formula is C14H17N5O. The Morgan fingerprint density at radius 2 is 2.25 bits per heavy atom. The summed E-state index contributed by atoms with van der Waals surface area (Å²) >= 11 is 0. The van der Waals surface area contributed by atoms with Crippen molar-refractivity contribution < 1.29 is 5.11 Å². The van der Waals surface area contributed by atoms with Crippen LogP contribution in [0.25, 0.3) is 10.9 Å². The van der Waals surface area contributed by atoms with Crippen molar-refractivity contribution in [1.29, 1.82) is 5.26 Å². The molecular weight excluding hydrogens is 254 g/mol. The van der Waals surface area contributed by atoms with Gasteiger partial charge in [0.2, 0.25) is 0 Å². The summed E-state index contributed by atoms with van der Waals surface area (Å²) in [5.74, 6) is 0.793. The molecule has 0 saturated carbocycles. The van der Waals surface area contributed by atoms with Gasteiger partial charge in [-0.2, -0.15) is 5.26 Å². The smallest absolute Gasteiger partial charge is 0.128 e. The van der Waals surface area contributed by atoms with Gasteiger partial charge in [-0.05, 0) is 32.0 Å². The van der Waals surface area contributed by atoms with Crippen LogP contribution >= 0.6 is 0 Å². The van der Waals surface area contributed by atoms with Gasteiger partial charge in [0.05, 0.1) is 5.52 Å². The van der Waals surface area contributed by atoms with Gasteiger partial charge >= 0.3 is 0 Å². The highest BCUT2D eigenvalue weighted by atomic mass is 16.3. The molecule has 1 aliphatic heterocycles. The van der Waals surface area contributed by atoms with Crippen molar-refractivity contribution in [3.63, 3.8) is 0 Å². The van der Waals surface area contributed by atoms with Crippen molar-refractivity contribution in [1.82, 2.24) is 14.9 Å². The molecule has 0 spiro atoms. The van der Waals surface area contributed by atoms with Crippen molar-refractivity contribution >= 4 is 16.7 Å². The Morgan fingerprint density at radius 3 is 2.95 bits per heavy atom. The number of aliphatic hydroxyl groups excluding tert-OH is 1. The number of rotatable bonds is 3. The number of aromatic nitrogens is 2. The number of nitrogens with zero attached hydrogens (tertiary/aromatic N) is 3. The van der Waals surface area contributed by atoms with Crippen LogP contribution in [0.5, 0.6) is 0 Å². The first-order valence-corrected chi connectivity index (χ1v) is 6.79. The van der Waals surface area contributed by atoms with Gasteiger partial charge in [0.25, 0.3) is 0 Å². The van der Waals surface area contributed by atoms with Crippen molar-refractivity contribution in [2.24, 2.45) is 0 Å². The van der Waals surface area contributed by atoms with Crippen molar-refractivity contribution in [2.45, 2.75) is 25.6 Å². The third-order valence-corrected chi connectivity index (χ3v) is 3.73. The second-order valence-electron chi connectivity index (χ2n) is 5.01. The number of pyridine rings is 1. The molecule has 3 rings (SSSR count). The van der Waals surface area contributed by atoms with Crippen molar-refractivity contribution in [2.75, 3.05) is 18.4 Å². The Balaban J connectivity index is 1.91. The van der Waals surface area contributed by atoms with E-state index in [-0.39, 0.29) is 6.73 Å². The summed E-state index contributed by atoms with van der Waals surface area (Å²) in [6.07, 6.45) is 3.89. The average Bonchev–Trinajstić information content (AvgIpc) is 2.85. The standard InChI is InChI=1S/C14H17N5O/c15-7-12-5-10-8-17-14(6-13(10)19(12)9-20)18-11-1-3-16-4-2-11/h5-6,8,11,16,20H,1-4,9H2,(H,17,18). The molecule has 0 bridgehead atoms. The number of aliphatic hydroxyl groups is 1. The van der Waals surface area contributed by atoms with E-state index >= 15 is 0 Å². The van der Waals surface area contributed by atoms with Gasteiger partial charge in [-0.3, -0.25) is 0 Å². The van der Waals surface area contributed by atoms with Crippen LogP contribution < -0.4 is 10.6 Å². The van der Waals surface area contributed by atoms with Crippen LogP contribution in [0.2, 0.25) is 0 Å². The Morgan fingerprint density at radius 1 is 1.45 bits per heavy atom. The topological polar surface area (TPSA) is 85.9 Å². The van der Waals surface area contributed by atoms with Crippen LogP contribution in [-0.4, -0.2) is 33.8 Å². The predicted molar refractivity (Wildman–Crippen MR) is 76.2 cm³/mol. The lowest BCUT2D eigenvalue weighted by Gasteiger charge is -2.24. The van der Waals surface area contributed by atoms with Gasteiger partial charge < -0.3 is 20.3 Å². The SMILES string of the molecule is N#Cc1cc2cnc(NC3CCNCC3)cc2n1CO. The summed E-state index contributed by atoms with van der Waals surface area (Å²) in [5, 5.41) is 26.1. The first-order valence-electron chi connectivity index (χ1n) is 6.79. The van der Waals surface area contributed by atoms with Crippen LogP contribution in [0.15, 0.2) is 18.3 Å². The normalized spacial score (nSPS) is 16.2. The fourth-order valence-electron chi connectivity index (χ4n) is 2.65. The van der Waals surface area contributed by atoms with Gasteiger partial charge in [0.15, 0.2) is 0 Å². The number of hydrogen-bond donors (Lipinski definition) is 3. The zero-order valence-corrected chi connectivity index (χ0v) is 11.1. The molecule has 6 nitrogen and oxygen atoms in total. The minimum atomic E-state index is -0.205. The molecule has 0 aromatic carbocycles. The van der Waals surface area contributed by atoms with Gasteiger partial charge in [-0.15, -0.1) is 0 Å². The molecule has 2 aromatic rings. The van der Waals surface area contributed by atoms with E-state index in [1.165, 1.54) is 0 Å². The number of piperidine rings is 1. The van der Waals surface area contributed by atoms with Crippen LogP contribution in [0.1, 0.15) is 18.5 Å². The molecule has 0 radical (unpaired) electrons. The van der Waals surface area contributed by atoms with Gasteiger partial charge in [0, 0.05) is 23.7 Å². The molecule has 1 aliphatic rings. The quantitative estimate of drug-likeness (QED) is 0.776. The predicted octanol–water partition coefficient (Wildman–Crippen LogP) is 1.02. The van der Waals surface area contributed by atoms with Crippen LogP contribution in [0.3, 0.4) is 0 Å². The zero-order chi connectivity index (χ0) is 13.9. The molecule has 1 fully saturated rings. The maximum absolute atomic E-state index is 9.41. The molecule has 0 atom stereocenters. The maximum Gasteiger partial charge on any atom is 0.128 e. The van der Waals surface area contributed by atoms with Crippen molar-refractivity contribution in [3.05, 3.63) is 24.0 Å². The Bertz CT molecular complexity index is 651. The summed E-state index contributed by atoms with van der Waals surface area (Å²) in [5.41, 5.74) is 1.28. The molecule has 6 heteroatoms. The molecule has 3 N–H and O–H groups in total. The number of nitriles is 1. The first-order chi connectivity index (χ1) is 9.81. The number of anilines is 1. The Kier molecular flexibility index (Phi) is 3.54. The maximum atomic E-state index is 9.41. The second kappa shape index (κ2) is 5.49. The van der Waals surface area contributed by atoms with E-state index in [4.69, 9.17) is 5.26 Å². The van der Waals surface area contributed by atoms with Crippen LogP contribution in [-0.2, 0) is 6.73 Å². The lowest BCUT2D eigenvalue weighted by atomic mass is 10.1. The van der Waals surface area contributed by atoms with Crippen LogP contribution in [0.4, 0.5) is 5.82 Å². The minimum absolute atomic E-state index is 0.205. The fraction of sp³-hybridized carbons (Fsp3) is 0.429. The van der Waals surface area contributed by atoms with E-state index < -0.39 is 0 Å². The highest BCUT2D eigenvalue weighted by molar-refractivity contribution is 5.83.